The maximum Gasteiger partial charge on any atom is 0.166 e. The van der Waals surface area contributed by atoms with Gasteiger partial charge in [-0.3, -0.25) is 4.90 Å². The molecule has 5 rings (SSSR count). The van der Waals surface area contributed by atoms with Crippen molar-refractivity contribution in [3.63, 3.8) is 0 Å². The first-order valence-corrected chi connectivity index (χ1v) is 10.6. The number of hydrogen-bond donors (Lipinski definition) is 2. The van der Waals surface area contributed by atoms with Crippen molar-refractivity contribution in [2.24, 2.45) is 5.92 Å². The van der Waals surface area contributed by atoms with Crippen molar-refractivity contribution in [2.45, 2.75) is 75.5 Å². The smallest absolute Gasteiger partial charge is 0.166 e. The van der Waals surface area contributed by atoms with Crippen molar-refractivity contribution < 1.29 is 14.9 Å². The summed E-state index contributed by atoms with van der Waals surface area (Å²) in [6, 6.07) is 3.90. The van der Waals surface area contributed by atoms with E-state index < -0.39 is 11.0 Å². The number of aliphatic hydroxyl groups is 1. The molecule has 4 nitrogen and oxygen atoms in total. The van der Waals surface area contributed by atoms with Crippen LogP contribution < -0.4 is 4.74 Å². The van der Waals surface area contributed by atoms with Crippen LogP contribution in [0.3, 0.4) is 0 Å². The molecule has 2 saturated carbocycles. The van der Waals surface area contributed by atoms with Crippen LogP contribution in [0.4, 0.5) is 0 Å². The number of phenols is 1. The molecule has 3 aliphatic carbocycles. The van der Waals surface area contributed by atoms with E-state index in [2.05, 4.69) is 25.3 Å². The highest BCUT2D eigenvalue weighted by Gasteiger charge is 2.69. The molecule has 0 bridgehead atoms. The Bertz CT molecular complexity index is 801. The third kappa shape index (κ3) is 2.11. The molecule has 2 N–H and O–H groups in total. The van der Waals surface area contributed by atoms with Crippen LogP contribution in [0.2, 0.25) is 0 Å². The number of rotatable bonds is 5. The molecule has 0 radical (unpaired) electrons. The Hall–Kier alpha value is -1.52. The van der Waals surface area contributed by atoms with Crippen LogP contribution in [0, 0.1) is 5.92 Å². The van der Waals surface area contributed by atoms with E-state index in [0.717, 1.165) is 55.8 Å². The highest BCUT2D eigenvalue weighted by molar-refractivity contribution is 5.63. The van der Waals surface area contributed by atoms with Gasteiger partial charge in [-0.25, -0.2) is 0 Å². The minimum Gasteiger partial charge on any atom is -0.504 e. The van der Waals surface area contributed by atoms with E-state index >= 15 is 0 Å². The van der Waals surface area contributed by atoms with E-state index in [1.54, 1.807) is 6.07 Å². The van der Waals surface area contributed by atoms with Gasteiger partial charge in [0.15, 0.2) is 11.5 Å². The molecule has 1 heterocycles. The standard InChI is InChI=1S/C23H31NO3/c1-4-22-19-16-8-9-17(25)20(19)27-21(22)14(3)10-11-23(22,26)18(12-16)24(5-2)13-15-6-7-15/h8-9,15,18,21,25-26H,3-7,10-13H2,1-2H3/t18-,21+,22+,23-/m1/s1. The minimum absolute atomic E-state index is 0.0882. The van der Waals surface area contributed by atoms with Gasteiger partial charge in [0, 0.05) is 18.2 Å². The predicted molar refractivity (Wildman–Crippen MR) is 105 cm³/mol. The second-order valence-corrected chi connectivity index (χ2v) is 9.10. The van der Waals surface area contributed by atoms with Gasteiger partial charge < -0.3 is 14.9 Å². The van der Waals surface area contributed by atoms with Gasteiger partial charge in [0.1, 0.15) is 6.10 Å². The van der Waals surface area contributed by atoms with Crippen LogP contribution in [0.25, 0.3) is 0 Å². The first-order chi connectivity index (χ1) is 13.0. The quantitative estimate of drug-likeness (QED) is 0.780. The number of nitrogens with zero attached hydrogens (tertiary/aromatic N) is 1. The van der Waals surface area contributed by atoms with Crippen molar-refractivity contribution in [1.29, 1.82) is 0 Å². The summed E-state index contributed by atoms with van der Waals surface area (Å²) in [5.74, 6) is 1.57. The molecule has 1 aromatic rings. The molecule has 1 aliphatic heterocycles. The lowest BCUT2D eigenvalue weighted by Gasteiger charge is -2.59. The van der Waals surface area contributed by atoms with Crippen LogP contribution in [-0.2, 0) is 11.8 Å². The van der Waals surface area contributed by atoms with Crippen molar-refractivity contribution in [1.82, 2.24) is 4.90 Å². The first kappa shape index (κ1) is 17.6. The molecule has 4 atom stereocenters. The van der Waals surface area contributed by atoms with Crippen molar-refractivity contribution in [2.75, 3.05) is 13.1 Å². The van der Waals surface area contributed by atoms with Crippen molar-refractivity contribution in [3.05, 3.63) is 35.4 Å². The molecular weight excluding hydrogens is 338 g/mol. The third-order valence-corrected chi connectivity index (χ3v) is 7.88. The average molecular weight is 370 g/mol. The van der Waals surface area contributed by atoms with E-state index in [-0.39, 0.29) is 17.9 Å². The second-order valence-electron chi connectivity index (χ2n) is 9.10. The summed E-state index contributed by atoms with van der Waals surface area (Å²) in [6.45, 7) is 10.7. The van der Waals surface area contributed by atoms with E-state index in [9.17, 15) is 10.2 Å². The lowest BCUT2D eigenvalue weighted by atomic mass is 9.50. The highest BCUT2D eigenvalue weighted by atomic mass is 16.5. The van der Waals surface area contributed by atoms with Crippen molar-refractivity contribution in [3.8, 4) is 11.5 Å². The fourth-order valence-electron chi connectivity index (χ4n) is 6.37. The van der Waals surface area contributed by atoms with Gasteiger partial charge in [0.2, 0.25) is 0 Å². The van der Waals surface area contributed by atoms with Gasteiger partial charge >= 0.3 is 0 Å². The summed E-state index contributed by atoms with van der Waals surface area (Å²) < 4.78 is 6.33. The lowest BCUT2D eigenvalue weighted by Crippen LogP contribution is -2.71. The zero-order valence-electron chi connectivity index (χ0n) is 16.5. The average Bonchev–Trinajstić information content (AvgIpc) is 3.40. The summed E-state index contributed by atoms with van der Waals surface area (Å²) in [6.07, 6.45) is 5.50. The Kier molecular flexibility index (Phi) is 3.74. The molecule has 0 unspecified atom stereocenters. The SMILES string of the molecule is C=C1CC[C@@]2(O)[C@H](N(CC)CC3CC3)Cc3ccc(O)c4c3[C@@]2(CC)[C@H]1O4. The Morgan fingerprint density at radius 3 is 2.74 bits per heavy atom. The zero-order valence-corrected chi connectivity index (χ0v) is 16.5. The van der Waals surface area contributed by atoms with Gasteiger partial charge in [-0.05, 0) is 68.2 Å². The highest BCUT2D eigenvalue weighted by Crippen LogP contribution is 2.64. The molecule has 1 aromatic carbocycles. The number of ether oxygens (including phenoxy) is 1. The number of phenolic OH excluding ortho intramolecular Hbond substituents is 1. The normalized spacial score (nSPS) is 36.7. The number of likely N-dealkylation sites (N-methyl/N-ethyl adjacent to an activating group) is 1. The molecule has 146 valence electrons. The molecule has 0 saturated heterocycles. The van der Waals surface area contributed by atoms with Crippen LogP contribution in [0.5, 0.6) is 11.5 Å². The Morgan fingerprint density at radius 1 is 1.30 bits per heavy atom. The van der Waals surface area contributed by atoms with Gasteiger partial charge in [-0.1, -0.05) is 26.5 Å². The Balaban J connectivity index is 1.71. The molecule has 0 spiro atoms. The van der Waals surface area contributed by atoms with Gasteiger partial charge in [-0.2, -0.15) is 0 Å². The van der Waals surface area contributed by atoms with E-state index in [4.69, 9.17) is 4.74 Å². The van der Waals surface area contributed by atoms with Crippen LogP contribution in [0.1, 0.15) is 57.1 Å². The van der Waals surface area contributed by atoms with E-state index in [1.807, 2.05) is 6.07 Å². The summed E-state index contributed by atoms with van der Waals surface area (Å²) in [7, 11) is 0. The third-order valence-electron chi connectivity index (χ3n) is 7.88. The van der Waals surface area contributed by atoms with Crippen LogP contribution in [-0.4, -0.2) is 45.9 Å². The number of benzene rings is 1. The van der Waals surface area contributed by atoms with E-state index in [0.29, 0.717) is 5.75 Å². The monoisotopic (exact) mass is 369 g/mol. The minimum atomic E-state index is -0.857. The summed E-state index contributed by atoms with van der Waals surface area (Å²) >= 11 is 0. The molecule has 4 aliphatic rings. The number of aromatic hydroxyl groups is 1. The van der Waals surface area contributed by atoms with Gasteiger partial charge in [-0.15, -0.1) is 0 Å². The van der Waals surface area contributed by atoms with Crippen LogP contribution >= 0.6 is 0 Å². The maximum absolute atomic E-state index is 12.4. The lowest BCUT2D eigenvalue weighted by molar-refractivity contribution is -0.146. The van der Waals surface area contributed by atoms with E-state index in [1.165, 1.54) is 18.4 Å². The fourth-order valence-corrected chi connectivity index (χ4v) is 6.37. The van der Waals surface area contributed by atoms with Crippen LogP contribution in [0.15, 0.2) is 24.3 Å². The molecular formula is C23H31NO3. The zero-order chi connectivity index (χ0) is 19.0. The topological polar surface area (TPSA) is 52.9 Å². The fraction of sp³-hybridized carbons (Fsp3) is 0.652. The molecule has 0 aromatic heterocycles. The van der Waals surface area contributed by atoms with Gasteiger partial charge in [0.25, 0.3) is 0 Å². The maximum atomic E-state index is 12.4. The summed E-state index contributed by atoms with van der Waals surface area (Å²) in [5.41, 5.74) is 1.97. The largest absolute Gasteiger partial charge is 0.504 e. The first-order valence-electron chi connectivity index (χ1n) is 10.6. The number of hydrogen-bond acceptors (Lipinski definition) is 4. The Morgan fingerprint density at radius 2 is 2.07 bits per heavy atom. The molecule has 27 heavy (non-hydrogen) atoms. The molecule has 0 amide bonds. The second kappa shape index (κ2) is 5.74. The molecule has 4 heteroatoms. The summed E-state index contributed by atoms with van der Waals surface area (Å²) in [4.78, 5) is 2.52. The van der Waals surface area contributed by atoms with Gasteiger partial charge in [0.05, 0.1) is 11.0 Å². The molecule has 2 fully saturated rings. The Labute approximate surface area is 161 Å². The summed E-state index contributed by atoms with van der Waals surface area (Å²) in [5, 5.41) is 22.8. The predicted octanol–water partition coefficient (Wildman–Crippen LogP) is 3.54. The van der Waals surface area contributed by atoms with Crippen molar-refractivity contribution >= 4 is 0 Å².